The van der Waals surface area contributed by atoms with E-state index in [4.69, 9.17) is 4.74 Å². The van der Waals surface area contributed by atoms with Crippen LogP contribution in [0.15, 0.2) is 36.9 Å². The third kappa shape index (κ3) is 4.25. The van der Waals surface area contributed by atoms with Crippen LogP contribution in [0.1, 0.15) is 6.42 Å². The lowest BCUT2D eigenvalue weighted by atomic mass is 10.3. The molecule has 0 saturated heterocycles. The van der Waals surface area contributed by atoms with Gasteiger partial charge in [-0.25, -0.2) is 0 Å². The van der Waals surface area contributed by atoms with Crippen LogP contribution in [0.4, 0.5) is 5.69 Å². The lowest BCUT2D eigenvalue weighted by Crippen LogP contribution is -2.29. The smallest absolute Gasteiger partial charge is 0.310 e. The Morgan fingerprint density at radius 3 is 2.89 bits per heavy atom. The number of para-hydroxylation sites is 2. The number of rotatable bonds is 7. The highest BCUT2D eigenvalue weighted by atomic mass is 16.6. The third-order valence-corrected chi connectivity index (χ3v) is 2.09. The maximum Gasteiger partial charge on any atom is 0.310 e. The maximum atomic E-state index is 11.3. The summed E-state index contributed by atoms with van der Waals surface area (Å²) in [4.78, 5) is 21.5. The molecule has 1 amide bonds. The van der Waals surface area contributed by atoms with E-state index in [1.807, 2.05) is 0 Å². The molecular weight excluding hydrogens is 236 g/mol. The van der Waals surface area contributed by atoms with E-state index in [0.717, 1.165) is 0 Å². The zero-order valence-corrected chi connectivity index (χ0v) is 9.80. The molecule has 0 unspecified atom stereocenters. The van der Waals surface area contributed by atoms with E-state index >= 15 is 0 Å². The summed E-state index contributed by atoms with van der Waals surface area (Å²) in [7, 11) is 0. The van der Waals surface area contributed by atoms with Crippen LogP contribution in [0.3, 0.4) is 0 Å². The number of benzene rings is 1. The lowest BCUT2D eigenvalue weighted by Gasteiger charge is -2.06. The van der Waals surface area contributed by atoms with Gasteiger partial charge in [0, 0.05) is 12.6 Å². The Hall–Kier alpha value is -2.37. The fourth-order valence-corrected chi connectivity index (χ4v) is 1.24. The highest BCUT2D eigenvalue weighted by Crippen LogP contribution is 2.25. The summed E-state index contributed by atoms with van der Waals surface area (Å²) in [6.07, 6.45) is 2.35. The molecule has 6 nitrogen and oxygen atoms in total. The molecule has 0 aliphatic heterocycles. The molecule has 0 aromatic heterocycles. The monoisotopic (exact) mass is 250 g/mol. The Kier molecular flexibility index (Phi) is 5.37. The van der Waals surface area contributed by atoms with Gasteiger partial charge < -0.3 is 10.1 Å². The highest BCUT2D eigenvalue weighted by molar-refractivity contribution is 5.77. The molecule has 6 heteroatoms. The van der Waals surface area contributed by atoms with Crippen molar-refractivity contribution in [1.82, 2.24) is 5.32 Å². The van der Waals surface area contributed by atoms with Crippen LogP contribution in [0, 0.1) is 10.1 Å². The SMILES string of the molecule is C=CCCNC(=O)COc1ccccc1[N+](=O)[O-]. The second-order valence-electron chi connectivity index (χ2n) is 3.44. The summed E-state index contributed by atoms with van der Waals surface area (Å²) in [5.41, 5.74) is -0.156. The molecule has 0 bridgehead atoms. The number of hydrogen-bond donors (Lipinski definition) is 1. The van der Waals surface area contributed by atoms with Crippen LogP contribution in [0.25, 0.3) is 0 Å². The number of nitrogens with one attached hydrogen (secondary N) is 1. The second kappa shape index (κ2) is 7.05. The van der Waals surface area contributed by atoms with Crippen molar-refractivity contribution in [2.45, 2.75) is 6.42 Å². The summed E-state index contributed by atoms with van der Waals surface area (Å²) >= 11 is 0. The fourth-order valence-electron chi connectivity index (χ4n) is 1.24. The number of amides is 1. The molecule has 0 aliphatic carbocycles. The summed E-state index contributed by atoms with van der Waals surface area (Å²) in [6, 6.07) is 5.92. The standard InChI is InChI=1S/C12H14N2O4/c1-2-3-8-13-12(15)9-18-11-7-5-4-6-10(11)14(16)17/h2,4-7H,1,3,8-9H2,(H,13,15). The van der Waals surface area contributed by atoms with Gasteiger partial charge in [0.05, 0.1) is 4.92 Å². The molecule has 1 aromatic carbocycles. The van der Waals surface area contributed by atoms with Crippen molar-refractivity contribution in [2.24, 2.45) is 0 Å². The van der Waals surface area contributed by atoms with E-state index in [0.29, 0.717) is 13.0 Å². The first kappa shape index (κ1) is 13.7. The minimum absolute atomic E-state index is 0.0846. The molecule has 0 spiro atoms. The zero-order chi connectivity index (χ0) is 13.4. The Bertz CT molecular complexity index is 445. The van der Waals surface area contributed by atoms with Crippen LogP contribution in [0.2, 0.25) is 0 Å². The van der Waals surface area contributed by atoms with E-state index in [-0.39, 0.29) is 24.0 Å². The Morgan fingerprint density at radius 2 is 2.22 bits per heavy atom. The molecule has 18 heavy (non-hydrogen) atoms. The normalized spacial score (nSPS) is 9.56. The fraction of sp³-hybridized carbons (Fsp3) is 0.250. The van der Waals surface area contributed by atoms with E-state index in [2.05, 4.69) is 11.9 Å². The van der Waals surface area contributed by atoms with Crippen molar-refractivity contribution in [1.29, 1.82) is 0 Å². The lowest BCUT2D eigenvalue weighted by molar-refractivity contribution is -0.385. The number of carbonyl (C=O) groups is 1. The van der Waals surface area contributed by atoms with Crippen molar-refractivity contribution in [2.75, 3.05) is 13.2 Å². The van der Waals surface area contributed by atoms with E-state index in [1.165, 1.54) is 18.2 Å². The topological polar surface area (TPSA) is 81.5 Å². The number of nitrogens with zero attached hydrogens (tertiary/aromatic N) is 1. The molecule has 0 aliphatic rings. The first-order valence-corrected chi connectivity index (χ1v) is 5.39. The van der Waals surface area contributed by atoms with Gasteiger partial charge in [0.15, 0.2) is 12.4 Å². The van der Waals surface area contributed by atoms with Gasteiger partial charge in [-0.2, -0.15) is 0 Å². The largest absolute Gasteiger partial charge is 0.477 e. The molecule has 0 fully saturated rings. The first-order chi connectivity index (χ1) is 8.65. The van der Waals surface area contributed by atoms with Crippen LogP contribution >= 0.6 is 0 Å². The number of carbonyl (C=O) groups excluding carboxylic acids is 1. The molecule has 0 radical (unpaired) electrons. The van der Waals surface area contributed by atoms with Gasteiger partial charge in [0.1, 0.15) is 0 Å². The van der Waals surface area contributed by atoms with Gasteiger partial charge in [-0.1, -0.05) is 18.2 Å². The van der Waals surface area contributed by atoms with Crippen molar-refractivity contribution in [3.63, 3.8) is 0 Å². The number of hydrogen-bond acceptors (Lipinski definition) is 4. The molecule has 1 rings (SSSR count). The van der Waals surface area contributed by atoms with Gasteiger partial charge in [-0.15, -0.1) is 6.58 Å². The maximum absolute atomic E-state index is 11.3. The molecule has 0 heterocycles. The van der Waals surface area contributed by atoms with E-state index in [9.17, 15) is 14.9 Å². The average molecular weight is 250 g/mol. The highest BCUT2D eigenvalue weighted by Gasteiger charge is 2.14. The predicted molar refractivity (Wildman–Crippen MR) is 66.4 cm³/mol. The van der Waals surface area contributed by atoms with Crippen molar-refractivity contribution >= 4 is 11.6 Å². The van der Waals surface area contributed by atoms with E-state index < -0.39 is 4.92 Å². The molecule has 1 N–H and O–H groups in total. The summed E-state index contributed by atoms with van der Waals surface area (Å²) in [5.74, 6) is -0.239. The summed E-state index contributed by atoms with van der Waals surface area (Å²) < 4.78 is 5.11. The van der Waals surface area contributed by atoms with Gasteiger partial charge in [0.25, 0.3) is 5.91 Å². The molecule has 1 aromatic rings. The van der Waals surface area contributed by atoms with Crippen LogP contribution in [-0.2, 0) is 4.79 Å². The zero-order valence-electron chi connectivity index (χ0n) is 9.80. The predicted octanol–water partition coefficient (Wildman–Crippen LogP) is 1.67. The second-order valence-corrected chi connectivity index (χ2v) is 3.44. The Morgan fingerprint density at radius 1 is 1.50 bits per heavy atom. The molecule has 0 saturated carbocycles. The van der Waals surface area contributed by atoms with Crippen LogP contribution < -0.4 is 10.1 Å². The quantitative estimate of drug-likeness (QED) is 0.345. The number of ether oxygens (including phenoxy) is 1. The van der Waals surface area contributed by atoms with Gasteiger partial charge in [0.2, 0.25) is 0 Å². The third-order valence-electron chi connectivity index (χ3n) is 2.09. The molecule has 0 atom stereocenters. The summed E-state index contributed by atoms with van der Waals surface area (Å²) in [5, 5.41) is 13.3. The van der Waals surface area contributed by atoms with Crippen molar-refractivity contribution < 1.29 is 14.5 Å². The van der Waals surface area contributed by atoms with Crippen LogP contribution in [0.5, 0.6) is 5.75 Å². The first-order valence-electron chi connectivity index (χ1n) is 5.39. The summed E-state index contributed by atoms with van der Waals surface area (Å²) in [6.45, 7) is 3.75. The minimum Gasteiger partial charge on any atom is -0.477 e. The minimum atomic E-state index is -0.551. The van der Waals surface area contributed by atoms with Crippen LogP contribution in [-0.4, -0.2) is 24.0 Å². The van der Waals surface area contributed by atoms with E-state index in [1.54, 1.807) is 12.1 Å². The molecule has 96 valence electrons. The van der Waals surface area contributed by atoms with Gasteiger partial charge in [-0.05, 0) is 12.5 Å². The average Bonchev–Trinajstić information content (AvgIpc) is 2.37. The Balaban J connectivity index is 2.50. The van der Waals surface area contributed by atoms with Gasteiger partial charge >= 0.3 is 5.69 Å². The number of nitro benzene ring substituents is 1. The van der Waals surface area contributed by atoms with Gasteiger partial charge in [-0.3, -0.25) is 14.9 Å². The number of nitro groups is 1. The van der Waals surface area contributed by atoms with Crippen molar-refractivity contribution in [3.8, 4) is 5.75 Å². The Labute approximate surface area is 104 Å². The molecular formula is C12H14N2O4. The van der Waals surface area contributed by atoms with Crippen molar-refractivity contribution in [3.05, 3.63) is 47.0 Å².